The molecule has 1 heterocycles. The molecule has 0 bridgehead atoms. The number of halogens is 1. The molecule has 1 aliphatic rings. The van der Waals surface area contributed by atoms with Gasteiger partial charge in [-0.05, 0) is 31.7 Å². The molecule has 1 saturated heterocycles. The molecule has 0 unspecified atom stereocenters. The predicted octanol–water partition coefficient (Wildman–Crippen LogP) is 4.09. The number of benzene rings is 1. The molecule has 124 valence electrons. The van der Waals surface area contributed by atoms with E-state index in [1.807, 2.05) is 37.3 Å². The van der Waals surface area contributed by atoms with Crippen LogP contribution in [0.3, 0.4) is 0 Å². The second-order valence-corrected chi connectivity index (χ2v) is 6.39. The first-order valence-electron chi connectivity index (χ1n) is 7.86. The van der Waals surface area contributed by atoms with Crippen LogP contribution < -0.4 is 0 Å². The first kappa shape index (κ1) is 17.7. The average molecular weight is 380 g/mol. The van der Waals surface area contributed by atoms with Crippen LogP contribution >= 0.6 is 15.9 Å². The summed E-state index contributed by atoms with van der Waals surface area (Å²) < 4.78 is 5.09. The van der Waals surface area contributed by atoms with Gasteiger partial charge in [0.2, 0.25) is 5.91 Å². The topological polar surface area (TPSA) is 46.6 Å². The van der Waals surface area contributed by atoms with E-state index < -0.39 is 6.09 Å². The van der Waals surface area contributed by atoms with Gasteiger partial charge in [0.25, 0.3) is 0 Å². The van der Waals surface area contributed by atoms with Crippen LogP contribution in [0.4, 0.5) is 4.79 Å². The molecule has 2 rings (SSSR count). The monoisotopic (exact) mass is 379 g/mol. The van der Waals surface area contributed by atoms with E-state index in [-0.39, 0.29) is 18.6 Å². The Morgan fingerprint density at radius 2 is 2.09 bits per heavy atom. The van der Waals surface area contributed by atoms with Crippen LogP contribution in [-0.2, 0) is 16.0 Å². The van der Waals surface area contributed by atoms with Gasteiger partial charge in [0.1, 0.15) is 6.61 Å². The van der Waals surface area contributed by atoms with Crippen molar-refractivity contribution in [3.8, 4) is 0 Å². The van der Waals surface area contributed by atoms with E-state index in [0.717, 1.165) is 23.7 Å². The lowest BCUT2D eigenvalue weighted by Crippen LogP contribution is -2.40. The van der Waals surface area contributed by atoms with Crippen molar-refractivity contribution >= 4 is 27.9 Å². The van der Waals surface area contributed by atoms with Crippen LogP contribution in [0.15, 0.2) is 42.0 Å². The van der Waals surface area contributed by atoms with E-state index in [1.165, 1.54) is 10.5 Å². The minimum Gasteiger partial charge on any atom is -0.447 e. The van der Waals surface area contributed by atoms with Crippen LogP contribution in [0.5, 0.6) is 0 Å². The maximum atomic E-state index is 12.4. The van der Waals surface area contributed by atoms with Gasteiger partial charge in [-0.1, -0.05) is 57.9 Å². The van der Waals surface area contributed by atoms with E-state index >= 15 is 0 Å². The van der Waals surface area contributed by atoms with Gasteiger partial charge in [-0.3, -0.25) is 4.79 Å². The summed E-state index contributed by atoms with van der Waals surface area (Å²) in [7, 11) is 0. The lowest BCUT2D eigenvalue weighted by atomic mass is 10.0. The lowest BCUT2D eigenvalue weighted by molar-refractivity contribution is -0.129. The second kappa shape index (κ2) is 8.87. The molecule has 0 aliphatic carbocycles. The smallest absolute Gasteiger partial charge is 0.416 e. The fourth-order valence-electron chi connectivity index (χ4n) is 2.68. The zero-order valence-electron chi connectivity index (χ0n) is 13.3. The summed E-state index contributed by atoms with van der Waals surface area (Å²) in [6.45, 7) is 2.33. The highest BCUT2D eigenvalue weighted by Gasteiger charge is 2.37. The first-order valence-corrected chi connectivity index (χ1v) is 8.98. The number of hydrogen-bond acceptors (Lipinski definition) is 3. The molecule has 0 aromatic heterocycles. The fraction of sp³-hybridized carbons (Fsp3) is 0.444. The predicted molar refractivity (Wildman–Crippen MR) is 93.5 cm³/mol. The SMILES string of the molecule is C/C(=C/CBr)CCCC(=O)N1C(=O)OC[C@@H]1Cc1ccccc1. The van der Waals surface area contributed by atoms with Crippen molar-refractivity contribution < 1.29 is 14.3 Å². The molecule has 4 nitrogen and oxygen atoms in total. The molecule has 2 amide bonds. The van der Waals surface area contributed by atoms with Gasteiger partial charge < -0.3 is 4.74 Å². The lowest BCUT2D eigenvalue weighted by Gasteiger charge is -2.19. The first-order chi connectivity index (χ1) is 11.1. The van der Waals surface area contributed by atoms with Gasteiger partial charge in [-0.2, -0.15) is 0 Å². The highest BCUT2D eigenvalue weighted by atomic mass is 79.9. The number of alkyl halides is 1. The minimum absolute atomic E-state index is 0.139. The maximum absolute atomic E-state index is 12.4. The number of carbonyl (C=O) groups is 2. The Hall–Kier alpha value is -1.62. The third kappa shape index (κ3) is 5.20. The molecule has 0 radical (unpaired) electrons. The minimum atomic E-state index is -0.511. The number of rotatable bonds is 7. The fourth-order valence-corrected chi connectivity index (χ4v) is 3.23. The Morgan fingerprint density at radius 1 is 1.35 bits per heavy atom. The van der Waals surface area contributed by atoms with Gasteiger partial charge in [-0.15, -0.1) is 0 Å². The Labute approximate surface area is 145 Å². The van der Waals surface area contributed by atoms with Crippen molar-refractivity contribution in [3.63, 3.8) is 0 Å². The number of imide groups is 1. The normalized spacial score (nSPS) is 18.2. The number of nitrogens with zero attached hydrogens (tertiary/aromatic N) is 1. The summed E-state index contributed by atoms with van der Waals surface area (Å²) in [5.41, 5.74) is 2.35. The maximum Gasteiger partial charge on any atom is 0.416 e. The van der Waals surface area contributed by atoms with E-state index in [1.54, 1.807) is 0 Å². The number of allylic oxidation sites excluding steroid dienone is 2. The molecular formula is C18H22BrNO3. The molecule has 1 fully saturated rings. The molecule has 1 atom stereocenters. The molecule has 1 aliphatic heterocycles. The van der Waals surface area contributed by atoms with Gasteiger partial charge in [0.05, 0.1) is 6.04 Å². The Kier molecular flexibility index (Phi) is 6.84. The second-order valence-electron chi connectivity index (χ2n) is 5.74. The standard InChI is InChI=1S/C18H22BrNO3/c1-14(10-11-19)6-5-9-17(21)20-16(13-23-18(20)22)12-15-7-3-2-4-8-15/h2-4,7-8,10,16H,5-6,9,11-13H2,1H3/b14-10-/t16-/m0/s1. The Bertz CT molecular complexity index is 571. The molecular weight excluding hydrogens is 358 g/mol. The number of ether oxygens (including phenoxy) is 1. The van der Waals surface area contributed by atoms with Gasteiger partial charge in [-0.25, -0.2) is 9.69 Å². The van der Waals surface area contributed by atoms with Crippen molar-refractivity contribution in [2.75, 3.05) is 11.9 Å². The average Bonchev–Trinajstić information content (AvgIpc) is 2.89. The summed E-state index contributed by atoms with van der Waals surface area (Å²) in [6.07, 6.45) is 4.20. The molecule has 0 saturated carbocycles. The van der Waals surface area contributed by atoms with Crippen LogP contribution in [0, 0.1) is 0 Å². The van der Waals surface area contributed by atoms with Crippen LogP contribution in [-0.4, -0.2) is 34.9 Å². The van der Waals surface area contributed by atoms with Crippen LogP contribution in [0.25, 0.3) is 0 Å². The molecule has 0 spiro atoms. The molecule has 5 heteroatoms. The van der Waals surface area contributed by atoms with Crippen molar-refractivity contribution in [1.82, 2.24) is 4.90 Å². The van der Waals surface area contributed by atoms with E-state index in [9.17, 15) is 9.59 Å². The summed E-state index contributed by atoms with van der Waals surface area (Å²) in [5.74, 6) is -0.139. The van der Waals surface area contributed by atoms with Crippen molar-refractivity contribution in [3.05, 3.63) is 47.5 Å². The highest BCUT2D eigenvalue weighted by molar-refractivity contribution is 9.09. The molecule has 1 aromatic rings. The largest absolute Gasteiger partial charge is 0.447 e. The summed E-state index contributed by atoms with van der Waals surface area (Å²) >= 11 is 3.36. The zero-order chi connectivity index (χ0) is 16.7. The highest BCUT2D eigenvalue weighted by Crippen LogP contribution is 2.19. The Balaban J connectivity index is 1.91. The van der Waals surface area contributed by atoms with Gasteiger partial charge in [0.15, 0.2) is 0 Å². The third-order valence-electron chi connectivity index (χ3n) is 3.93. The third-order valence-corrected chi connectivity index (χ3v) is 4.25. The van der Waals surface area contributed by atoms with Crippen molar-refractivity contribution in [2.24, 2.45) is 0 Å². The van der Waals surface area contributed by atoms with E-state index in [2.05, 4.69) is 22.0 Å². The summed E-state index contributed by atoms with van der Waals surface area (Å²) in [6, 6.07) is 9.66. The van der Waals surface area contributed by atoms with E-state index in [0.29, 0.717) is 12.8 Å². The number of hydrogen-bond donors (Lipinski definition) is 0. The number of cyclic esters (lactones) is 1. The Morgan fingerprint density at radius 3 is 2.78 bits per heavy atom. The van der Waals surface area contributed by atoms with Gasteiger partial charge in [0, 0.05) is 11.8 Å². The van der Waals surface area contributed by atoms with Gasteiger partial charge >= 0.3 is 6.09 Å². The van der Waals surface area contributed by atoms with E-state index in [4.69, 9.17) is 4.74 Å². The molecule has 23 heavy (non-hydrogen) atoms. The summed E-state index contributed by atoms with van der Waals surface area (Å²) in [5, 5.41) is 0.824. The summed E-state index contributed by atoms with van der Waals surface area (Å²) in [4.78, 5) is 25.6. The van der Waals surface area contributed by atoms with Crippen molar-refractivity contribution in [1.29, 1.82) is 0 Å². The zero-order valence-corrected chi connectivity index (χ0v) is 14.9. The van der Waals surface area contributed by atoms with Crippen LogP contribution in [0.1, 0.15) is 31.7 Å². The number of carbonyl (C=O) groups excluding carboxylic acids is 2. The molecule has 0 N–H and O–H groups in total. The van der Waals surface area contributed by atoms with Crippen LogP contribution in [0.2, 0.25) is 0 Å². The number of amides is 2. The quantitative estimate of drug-likeness (QED) is 0.529. The molecule has 1 aromatic carbocycles. The van der Waals surface area contributed by atoms with Crippen molar-refractivity contribution in [2.45, 2.75) is 38.6 Å².